The van der Waals surface area contributed by atoms with Crippen LogP contribution in [0, 0.1) is 0 Å². The third-order valence-electron chi connectivity index (χ3n) is 3.95. The highest BCUT2D eigenvalue weighted by Gasteiger charge is 2.19. The average molecular weight is 290 g/mol. The van der Waals surface area contributed by atoms with Crippen LogP contribution in [-0.4, -0.2) is 51.0 Å². The monoisotopic (exact) mass is 290 g/mol. The summed E-state index contributed by atoms with van der Waals surface area (Å²) in [5.41, 5.74) is 5.61. The number of hydrogen-bond acceptors (Lipinski definition) is 4. The lowest BCUT2D eigenvalue weighted by Crippen LogP contribution is -2.38. The fraction of sp³-hybridized carbons (Fsp3) is 1.00. The number of rotatable bonds is 8. The zero-order chi connectivity index (χ0) is 14.1. The van der Waals surface area contributed by atoms with Crippen molar-refractivity contribution in [2.75, 3.05) is 31.6 Å². The van der Waals surface area contributed by atoms with Gasteiger partial charge in [-0.15, -0.1) is 0 Å². The van der Waals surface area contributed by atoms with Crippen LogP contribution in [0.5, 0.6) is 0 Å². The summed E-state index contributed by atoms with van der Waals surface area (Å²) >= 11 is 0. The fourth-order valence-corrected chi connectivity index (χ4v) is 3.58. The lowest BCUT2D eigenvalue weighted by Gasteiger charge is -2.31. The molecule has 0 aromatic carbocycles. The van der Waals surface area contributed by atoms with E-state index in [9.17, 15) is 8.42 Å². The summed E-state index contributed by atoms with van der Waals surface area (Å²) in [6.45, 7) is 2.64. The van der Waals surface area contributed by atoms with Crippen molar-refractivity contribution < 1.29 is 8.42 Å². The predicted molar refractivity (Wildman–Crippen MR) is 81.1 cm³/mol. The van der Waals surface area contributed by atoms with Gasteiger partial charge >= 0.3 is 0 Å². The molecule has 0 spiro atoms. The summed E-state index contributed by atoms with van der Waals surface area (Å²) in [4.78, 5) is 2.49. The van der Waals surface area contributed by atoms with Gasteiger partial charge in [0.2, 0.25) is 0 Å². The first-order valence-corrected chi connectivity index (χ1v) is 9.71. The normalized spacial score (nSPS) is 18.7. The molecule has 1 aliphatic rings. The molecule has 0 radical (unpaired) electrons. The van der Waals surface area contributed by atoms with E-state index in [1.807, 2.05) is 0 Å². The third-order valence-corrected chi connectivity index (χ3v) is 4.98. The van der Waals surface area contributed by atoms with Crippen molar-refractivity contribution in [3.63, 3.8) is 0 Å². The largest absolute Gasteiger partial charge is 0.330 e. The Morgan fingerprint density at radius 3 is 2.16 bits per heavy atom. The van der Waals surface area contributed by atoms with E-state index in [-0.39, 0.29) is 0 Å². The summed E-state index contributed by atoms with van der Waals surface area (Å²) in [6, 6.07) is 0.647. The smallest absolute Gasteiger partial charge is 0.147 e. The molecule has 19 heavy (non-hydrogen) atoms. The number of sulfone groups is 1. The Kier molecular flexibility index (Phi) is 7.95. The number of hydrogen-bond donors (Lipinski definition) is 1. The molecule has 0 heterocycles. The van der Waals surface area contributed by atoms with Crippen molar-refractivity contribution in [1.82, 2.24) is 4.90 Å². The van der Waals surface area contributed by atoms with Gasteiger partial charge in [-0.25, -0.2) is 8.42 Å². The summed E-state index contributed by atoms with van der Waals surface area (Å²) in [5.74, 6) is 0.304. The van der Waals surface area contributed by atoms with Crippen molar-refractivity contribution in [2.24, 2.45) is 5.73 Å². The SMILES string of the molecule is CS(=O)(=O)CCCN(CCCN)C1CCCCCC1. The van der Waals surface area contributed by atoms with Gasteiger partial charge in [0.25, 0.3) is 0 Å². The molecule has 1 saturated carbocycles. The fourth-order valence-electron chi connectivity index (χ4n) is 2.92. The molecule has 1 aliphatic carbocycles. The molecule has 0 aromatic heterocycles. The van der Waals surface area contributed by atoms with E-state index >= 15 is 0 Å². The minimum Gasteiger partial charge on any atom is -0.330 e. The van der Waals surface area contributed by atoms with Crippen LogP contribution >= 0.6 is 0 Å². The zero-order valence-electron chi connectivity index (χ0n) is 12.3. The van der Waals surface area contributed by atoms with Gasteiger partial charge in [0.05, 0.1) is 5.75 Å². The van der Waals surface area contributed by atoms with E-state index in [0.29, 0.717) is 11.8 Å². The summed E-state index contributed by atoms with van der Waals surface area (Å²) in [6.07, 6.45) is 11.0. The zero-order valence-corrected chi connectivity index (χ0v) is 13.1. The van der Waals surface area contributed by atoms with Gasteiger partial charge in [0.1, 0.15) is 9.84 Å². The van der Waals surface area contributed by atoms with Crippen LogP contribution in [0.2, 0.25) is 0 Å². The minimum absolute atomic E-state index is 0.304. The maximum Gasteiger partial charge on any atom is 0.147 e. The van der Waals surface area contributed by atoms with Crippen molar-refractivity contribution in [3.05, 3.63) is 0 Å². The van der Waals surface area contributed by atoms with Gasteiger partial charge in [-0.2, -0.15) is 0 Å². The summed E-state index contributed by atoms with van der Waals surface area (Å²) < 4.78 is 22.4. The van der Waals surface area contributed by atoms with E-state index in [1.165, 1.54) is 44.8 Å². The molecular weight excluding hydrogens is 260 g/mol. The van der Waals surface area contributed by atoms with E-state index in [2.05, 4.69) is 4.90 Å². The van der Waals surface area contributed by atoms with Crippen LogP contribution < -0.4 is 5.73 Å². The Bertz CT molecular complexity index is 322. The molecule has 0 amide bonds. The first-order chi connectivity index (χ1) is 9.03. The van der Waals surface area contributed by atoms with Crippen LogP contribution in [0.3, 0.4) is 0 Å². The molecule has 0 aliphatic heterocycles. The van der Waals surface area contributed by atoms with Gasteiger partial charge < -0.3 is 10.6 Å². The summed E-state index contributed by atoms with van der Waals surface area (Å²) in [7, 11) is -2.83. The Morgan fingerprint density at radius 2 is 1.63 bits per heavy atom. The highest BCUT2D eigenvalue weighted by Crippen LogP contribution is 2.22. The molecule has 0 unspecified atom stereocenters. The maximum absolute atomic E-state index is 11.2. The van der Waals surface area contributed by atoms with Crippen LogP contribution in [0.15, 0.2) is 0 Å². The Morgan fingerprint density at radius 1 is 1.05 bits per heavy atom. The molecule has 1 rings (SSSR count). The first kappa shape index (κ1) is 16.9. The molecule has 0 atom stereocenters. The summed E-state index contributed by atoms with van der Waals surface area (Å²) in [5, 5.41) is 0. The standard InChI is InChI=1S/C14H30N2O2S/c1-19(17,18)13-7-12-16(11-6-10-15)14-8-4-2-3-5-9-14/h14H,2-13,15H2,1H3. The second-order valence-electron chi connectivity index (χ2n) is 5.81. The van der Waals surface area contributed by atoms with Gasteiger partial charge in [-0.3, -0.25) is 0 Å². The third kappa shape index (κ3) is 7.90. The average Bonchev–Trinajstić information content (AvgIpc) is 2.61. The van der Waals surface area contributed by atoms with Crippen molar-refractivity contribution in [1.29, 1.82) is 0 Å². The lowest BCUT2D eigenvalue weighted by atomic mass is 10.1. The molecular formula is C14H30N2O2S. The van der Waals surface area contributed by atoms with Gasteiger partial charge in [-0.1, -0.05) is 25.7 Å². The number of nitrogens with zero attached hydrogens (tertiary/aromatic N) is 1. The van der Waals surface area contributed by atoms with Crippen molar-refractivity contribution >= 4 is 9.84 Å². The second-order valence-corrected chi connectivity index (χ2v) is 8.07. The van der Waals surface area contributed by atoms with Gasteiger partial charge in [0, 0.05) is 12.3 Å². The van der Waals surface area contributed by atoms with Crippen molar-refractivity contribution in [2.45, 2.75) is 57.4 Å². The predicted octanol–water partition coefficient (Wildman–Crippen LogP) is 1.79. The van der Waals surface area contributed by atoms with Crippen molar-refractivity contribution in [3.8, 4) is 0 Å². The van der Waals surface area contributed by atoms with E-state index in [0.717, 1.165) is 32.5 Å². The topological polar surface area (TPSA) is 63.4 Å². The van der Waals surface area contributed by atoms with Crippen LogP contribution in [-0.2, 0) is 9.84 Å². The number of nitrogens with two attached hydrogens (primary N) is 1. The Balaban J connectivity index is 2.44. The highest BCUT2D eigenvalue weighted by atomic mass is 32.2. The molecule has 4 nitrogen and oxygen atoms in total. The highest BCUT2D eigenvalue weighted by molar-refractivity contribution is 7.90. The lowest BCUT2D eigenvalue weighted by molar-refractivity contribution is 0.178. The minimum atomic E-state index is -2.83. The van der Waals surface area contributed by atoms with E-state index in [1.54, 1.807) is 0 Å². The second kappa shape index (κ2) is 8.93. The molecule has 0 bridgehead atoms. The van der Waals surface area contributed by atoms with Crippen LogP contribution in [0.25, 0.3) is 0 Å². The van der Waals surface area contributed by atoms with E-state index < -0.39 is 9.84 Å². The molecule has 0 aromatic rings. The Hall–Kier alpha value is -0.130. The first-order valence-electron chi connectivity index (χ1n) is 7.65. The molecule has 0 saturated heterocycles. The van der Waals surface area contributed by atoms with Crippen LogP contribution in [0.4, 0.5) is 0 Å². The Labute approximate surface area is 118 Å². The molecule has 1 fully saturated rings. The quantitative estimate of drug-likeness (QED) is 0.692. The molecule has 114 valence electrons. The van der Waals surface area contributed by atoms with E-state index in [4.69, 9.17) is 5.73 Å². The van der Waals surface area contributed by atoms with Crippen LogP contribution in [0.1, 0.15) is 51.4 Å². The molecule has 5 heteroatoms. The van der Waals surface area contributed by atoms with Gasteiger partial charge in [0.15, 0.2) is 0 Å². The maximum atomic E-state index is 11.2. The molecule has 2 N–H and O–H groups in total. The van der Waals surface area contributed by atoms with Gasteiger partial charge in [-0.05, 0) is 45.3 Å².